The molecule has 2 heterocycles. The number of benzene rings is 1. The molecule has 3 rings (SSSR count). The highest BCUT2D eigenvalue weighted by molar-refractivity contribution is 5.97. The normalized spacial score (nSPS) is 10.6. The van der Waals surface area contributed by atoms with Gasteiger partial charge in [0.25, 0.3) is 5.91 Å². The average Bonchev–Trinajstić information content (AvgIpc) is 3.22. The van der Waals surface area contributed by atoms with Crippen LogP contribution in [-0.2, 0) is 6.42 Å². The van der Waals surface area contributed by atoms with Gasteiger partial charge in [-0.05, 0) is 30.2 Å². The van der Waals surface area contributed by atoms with Gasteiger partial charge in [-0.2, -0.15) is 0 Å². The lowest BCUT2D eigenvalue weighted by Gasteiger charge is -2.09. The van der Waals surface area contributed by atoms with Gasteiger partial charge in [0.2, 0.25) is 5.88 Å². The van der Waals surface area contributed by atoms with Crippen molar-refractivity contribution in [1.82, 2.24) is 25.3 Å². The number of carbonyl (C=O) groups excluding carboxylic acids is 1. The highest BCUT2D eigenvalue weighted by Crippen LogP contribution is 2.25. The van der Waals surface area contributed by atoms with E-state index in [9.17, 15) is 4.79 Å². The van der Waals surface area contributed by atoms with Crippen molar-refractivity contribution in [3.63, 3.8) is 0 Å². The Kier molecular flexibility index (Phi) is 5.61. The van der Waals surface area contributed by atoms with E-state index in [-0.39, 0.29) is 5.91 Å². The number of nitrogens with one attached hydrogen (secondary N) is 2. The van der Waals surface area contributed by atoms with Crippen LogP contribution in [0.5, 0.6) is 5.88 Å². The summed E-state index contributed by atoms with van der Waals surface area (Å²) in [7, 11) is 1.53. The second-order valence-corrected chi connectivity index (χ2v) is 5.91. The summed E-state index contributed by atoms with van der Waals surface area (Å²) in [5, 5.41) is 2.91. The molecule has 0 radical (unpaired) electrons. The first kappa shape index (κ1) is 18.3. The molecule has 7 nitrogen and oxygen atoms in total. The SMILES string of the molecule is C=CC(=C)c1nc2cc(C(=O)NCCCc3ncc[nH]3)ccc2nc1OC. The minimum absolute atomic E-state index is 0.155. The summed E-state index contributed by atoms with van der Waals surface area (Å²) in [6.07, 6.45) is 6.67. The molecule has 0 aliphatic carbocycles. The predicted molar refractivity (Wildman–Crippen MR) is 105 cm³/mol. The third-order valence-corrected chi connectivity index (χ3v) is 4.07. The Morgan fingerprint density at radius 3 is 2.89 bits per heavy atom. The van der Waals surface area contributed by atoms with Crippen LogP contribution in [0.2, 0.25) is 0 Å². The van der Waals surface area contributed by atoms with Crippen molar-refractivity contribution in [2.75, 3.05) is 13.7 Å². The van der Waals surface area contributed by atoms with Crippen LogP contribution >= 0.6 is 0 Å². The van der Waals surface area contributed by atoms with E-state index in [2.05, 4.69) is 38.4 Å². The summed E-state index contributed by atoms with van der Waals surface area (Å²) in [6, 6.07) is 5.19. The number of H-pyrrole nitrogens is 1. The Bertz CT molecular complexity index is 979. The Labute approximate surface area is 157 Å². The van der Waals surface area contributed by atoms with Gasteiger partial charge in [-0.15, -0.1) is 0 Å². The summed E-state index contributed by atoms with van der Waals surface area (Å²) in [6.45, 7) is 8.16. The summed E-state index contributed by atoms with van der Waals surface area (Å²) >= 11 is 0. The minimum atomic E-state index is -0.155. The molecule has 0 unspecified atom stereocenters. The van der Waals surface area contributed by atoms with E-state index in [1.807, 2.05) is 0 Å². The molecule has 0 aliphatic heterocycles. The lowest BCUT2D eigenvalue weighted by molar-refractivity contribution is 0.0953. The number of rotatable bonds is 8. The molecule has 3 aromatic rings. The molecule has 2 N–H and O–H groups in total. The monoisotopic (exact) mass is 363 g/mol. The predicted octanol–water partition coefficient (Wildman–Crippen LogP) is 2.92. The molecule has 0 atom stereocenters. The number of nitrogens with zero attached hydrogens (tertiary/aromatic N) is 3. The first-order chi connectivity index (χ1) is 13.1. The molecule has 0 saturated carbocycles. The second-order valence-electron chi connectivity index (χ2n) is 5.91. The van der Waals surface area contributed by atoms with Crippen molar-refractivity contribution in [1.29, 1.82) is 0 Å². The van der Waals surface area contributed by atoms with Gasteiger partial charge >= 0.3 is 0 Å². The first-order valence-corrected chi connectivity index (χ1v) is 8.56. The van der Waals surface area contributed by atoms with E-state index >= 15 is 0 Å². The number of fused-ring (bicyclic) bond motifs is 1. The topological polar surface area (TPSA) is 92.8 Å². The number of methoxy groups -OCH3 is 1. The zero-order valence-corrected chi connectivity index (χ0v) is 15.2. The summed E-state index contributed by atoms with van der Waals surface area (Å²) in [4.78, 5) is 28.6. The van der Waals surface area contributed by atoms with Crippen LogP contribution in [0.3, 0.4) is 0 Å². The van der Waals surface area contributed by atoms with Gasteiger partial charge in [0.1, 0.15) is 11.5 Å². The molecule has 27 heavy (non-hydrogen) atoms. The van der Waals surface area contributed by atoms with Crippen LogP contribution in [0, 0.1) is 0 Å². The van der Waals surface area contributed by atoms with Crippen molar-refractivity contribution in [3.8, 4) is 5.88 Å². The van der Waals surface area contributed by atoms with Crippen LogP contribution in [0.25, 0.3) is 16.6 Å². The molecule has 138 valence electrons. The average molecular weight is 363 g/mol. The maximum Gasteiger partial charge on any atom is 0.251 e. The van der Waals surface area contributed by atoms with Gasteiger partial charge in [0.05, 0.1) is 18.1 Å². The molecule has 0 saturated heterocycles. The first-order valence-electron chi connectivity index (χ1n) is 8.56. The summed E-state index contributed by atoms with van der Waals surface area (Å²) < 4.78 is 5.28. The number of aromatic amines is 1. The largest absolute Gasteiger partial charge is 0.479 e. The van der Waals surface area contributed by atoms with Crippen LogP contribution in [0.1, 0.15) is 28.3 Å². The third-order valence-electron chi connectivity index (χ3n) is 4.07. The van der Waals surface area contributed by atoms with Gasteiger partial charge in [0.15, 0.2) is 0 Å². The van der Waals surface area contributed by atoms with Crippen molar-refractivity contribution in [2.24, 2.45) is 0 Å². The Morgan fingerprint density at radius 2 is 2.19 bits per heavy atom. The van der Waals surface area contributed by atoms with Crippen LogP contribution < -0.4 is 10.1 Å². The van der Waals surface area contributed by atoms with Crippen LogP contribution in [-0.4, -0.2) is 39.5 Å². The van der Waals surface area contributed by atoms with E-state index < -0.39 is 0 Å². The molecule has 1 aromatic carbocycles. The van der Waals surface area contributed by atoms with Crippen LogP contribution in [0.4, 0.5) is 0 Å². The fourth-order valence-corrected chi connectivity index (χ4v) is 2.62. The van der Waals surface area contributed by atoms with E-state index in [4.69, 9.17) is 4.74 Å². The zero-order valence-electron chi connectivity index (χ0n) is 15.2. The van der Waals surface area contributed by atoms with Crippen molar-refractivity contribution >= 4 is 22.5 Å². The summed E-state index contributed by atoms with van der Waals surface area (Å²) in [5.74, 6) is 1.13. The molecule has 2 aromatic heterocycles. The fourth-order valence-electron chi connectivity index (χ4n) is 2.62. The number of ether oxygens (including phenoxy) is 1. The molecular weight excluding hydrogens is 342 g/mol. The lowest BCUT2D eigenvalue weighted by atomic mass is 10.1. The fraction of sp³-hybridized carbons (Fsp3) is 0.200. The van der Waals surface area contributed by atoms with Gasteiger partial charge in [-0.1, -0.05) is 19.2 Å². The number of amides is 1. The van der Waals surface area contributed by atoms with E-state index in [0.29, 0.717) is 40.3 Å². The number of allylic oxidation sites excluding steroid dienone is 2. The molecule has 7 heteroatoms. The highest BCUT2D eigenvalue weighted by Gasteiger charge is 2.13. The Balaban J connectivity index is 1.73. The van der Waals surface area contributed by atoms with E-state index in [1.165, 1.54) is 7.11 Å². The van der Waals surface area contributed by atoms with Crippen molar-refractivity contribution in [3.05, 3.63) is 66.9 Å². The van der Waals surface area contributed by atoms with Gasteiger partial charge in [-0.3, -0.25) is 4.79 Å². The number of carbonyl (C=O) groups is 1. The summed E-state index contributed by atoms with van der Waals surface area (Å²) in [5.41, 5.74) is 2.87. The number of hydrogen-bond acceptors (Lipinski definition) is 5. The van der Waals surface area contributed by atoms with E-state index in [0.717, 1.165) is 18.7 Å². The van der Waals surface area contributed by atoms with Crippen molar-refractivity contribution < 1.29 is 9.53 Å². The smallest absolute Gasteiger partial charge is 0.251 e. The maximum atomic E-state index is 12.4. The van der Waals surface area contributed by atoms with Gasteiger partial charge < -0.3 is 15.0 Å². The van der Waals surface area contributed by atoms with Gasteiger partial charge in [0, 0.05) is 30.9 Å². The van der Waals surface area contributed by atoms with E-state index in [1.54, 1.807) is 36.7 Å². The second kappa shape index (κ2) is 8.27. The molecule has 0 fully saturated rings. The Morgan fingerprint density at radius 1 is 1.33 bits per heavy atom. The third kappa shape index (κ3) is 4.20. The number of imidazole rings is 1. The number of aryl methyl sites for hydroxylation is 1. The van der Waals surface area contributed by atoms with Crippen molar-refractivity contribution in [2.45, 2.75) is 12.8 Å². The molecule has 0 spiro atoms. The molecule has 0 aliphatic rings. The number of hydrogen-bond donors (Lipinski definition) is 2. The van der Waals surface area contributed by atoms with Gasteiger partial charge in [-0.25, -0.2) is 15.0 Å². The van der Waals surface area contributed by atoms with Crippen LogP contribution in [0.15, 0.2) is 49.8 Å². The quantitative estimate of drug-likeness (QED) is 0.474. The number of aromatic nitrogens is 4. The minimum Gasteiger partial charge on any atom is -0.479 e. The highest BCUT2D eigenvalue weighted by atomic mass is 16.5. The lowest BCUT2D eigenvalue weighted by Crippen LogP contribution is -2.24. The molecule has 1 amide bonds. The standard InChI is InChI=1S/C20H21N5O2/c1-4-13(2)18-20(27-3)25-15-8-7-14(12-16(15)24-18)19(26)23-9-5-6-17-21-10-11-22-17/h4,7-8,10-12H,1-2,5-6,9H2,3H3,(H,21,22)(H,23,26). The Hall–Kier alpha value is -3.48. The molecular formula is C20H21N5O2. The zero-order chi connectivity index (χ0) is 19.2. The maximum absolute atomic E-state index is 12.4. The molecule has 0 bridgehead atoms.